The molecule has 0 radical (unpaired) electrons. The van der Waals surface area contributed by atoms with Crippen LogP contribution in [0.15, 0.2) is 18.3 Å². The summed E-state index contributed by atoms with van der Waals surface area (Å²) in [4.78, 5) is 3.68. The minimum absolute atomic E-state index is 0.0435. The lowest BCUT2D eigenvalue weighted by atomic mass is 9.94. The first-order chi connectivity index (χ1) is 8.45. The number of pyridine rings is 1. The van der Waals surface area contributed by atoms with Gasteiger partial charge in [-0.25, -0.2) is 4.98 Å². The number of rotatable bonds is 2. The van der Waals surface area contributed by atoms with Crippen molar-refractivity contribution in [3.8, 4) is 5.88 Å². The quantitative estimate of drug-likeness (QED) is 0.889. The Bertz CT molecular complexity index is 391. The largest absolute Gasteiger partial charge is 0.474 e. The Morgan fingerprint density at radius 1 is 1.28 bits per heavy atom. The van der Waals surface area contributed by atoms with Gasteiger partial charge in [0.2, 0.25) is 5.88 Å². The lowest BCUT2D eigenvalue weighted by Gasteiger charge is -2.26. The number of hydrogen-bond acceptors (Lipinski definition) is 3. The molecule has 1 heterocycles. The highest BCUT2D eigenvalue weighted by atomic mass is 19.4. The van der Waals surface area contributed by atoms with Crippen LogP contribution < -0.4 is 10.5 Å². The van der Waals surface area contributed by atoms with Crippen LogP contribution in [0.1, 0.15) is 31.2 Å². The Morgan fingerprint density at radius 2 is 2.06 bits per heavy atom. The van der Waals surface area contributed by atoms with Crippen molar-refractivity contribution in [1.82, 2.24) is 4.98 Å². The monoisotopic (exact) mass is 260 g/mol. The maximum atomic E-state index is 12.3. The van der Waals surface area contributed by atoms with Gasteiger partial charge >= 0.3 is 6.18 Å². The van der Waals surface area contributed by atoms with Gasteiger partial charge in [0, 0.05) is 18.3 Å². The second kappa shape index (κ2) is 5.14. The maximum Gasteiger partial charge on any atom is 0.417 e. The van der Waals surface area contributed by atoms with E-state index in [4.69, 9.17) is 10.5 Å². The third kappa shape index (κ3) is 3.35. The Labute approximate surface area is 103 Å². The molecular formula is C12H15F3N2O. The molecule has 1 aliphatic rings. The summed E-state index contributed by atoms with van der Waals surface area (Å²) in [6.07, 6.45) is -0.0686. The smallest absolute Gasteiger partial charge is 0.417 e. The summed E-state index contributed by atoms with van der Waals surface area (Å²) < 4.78 is 42.5. The molecule has 0 aromatic carbocycles. The number of aromatic nitrogens is 1. The average Bonchev–Trinajstić information content (AvgIpc) is 2.28. The van der Waals surface area contributed by atoms with E-state index in [0.717, 1.165) is 37.9 Å². The molecule has 1 aromatic rings. The molecule has 2 atom stereocenters. The van der Waals surface area contributed by atoms with Gasteiger partial charge in [0.25, 0.3) is 0 Å². The van der Waals surface area contributed by atoms with Crippen molar-refractivity contribution >= 4 is 0 Å². The zero-order chi connectivity index (χ0) is 13.2. The van der Waals surface area contributed by atoms with Gasteiger partial charge in [0.15, 0.2) is 0 Å². The predicted octanol–water partition coefficient (Wildman–Crippen LogP) is 2.75. The van der Waals surface area contributed by atoms with Crippen LogP contribution >= 0.6 is 0 Å². The predicted molar refractivity (Wildman–Crippen MR) is 60.1 cm³/mol. The molecule has 100 valence electrons. The van der Waals surface area contributed by atoms with Gasteiger partial charge in [-0.15, -0.1) is 0 Å². The summed E-state index contributed by atoms with van der Waals surface area (Å²) in [5.41, 5.74) is 5.04. The van der Waals surface area contributed by atoms with Crippen molar-refractivity contribution in [1.29, 1.82) is 0 Å². The van der Waals surface area contributed by atoms with Gasteiger partial charge in [-0.1, -0.05) is 0 Å². The molecule has 2 rings (SSSR count). The molecular weight excluding hydrogens is 245 g/mol. The molecule has 6 heteroatoms. The van der Waals surface area contributed by atoms with E-state index in [0.29, 0.717) is 0 Å². The molecule has 1 aliphatic carbocycles. The second-order valence-corrected chi connectivity index (χ2v) is 4.55. The van der Waals surface area contributed by atoms with E-state index in [1.807, 2.05) is 0 Å². The average molecular weight is 260 g/mol. The highest BCUT2D eigenvalue weighted by molar-refractivity contribution is 5.20. The Hall–Kier alpha value is -1.30. The van der Waals surface area contributed by atoms with Crippen LogP contribution in [-0.2, 0) is 6.18 Å². The first kappa shape index (κ1) is 13.1. The molecule has 0 aliphatic heterocycles. The number of nitrogens with two attached hydrogens (primary N) is 1. The number of alkyl halides is 3. The SMILES string of the molecule is NC1CCCC(Oc2ccc(C(F)(F)F)cn2)C1. The summed E-state index contributed by atoms with van der Waals surface area (Å²) in [7, 11) is 0. The highest BCUT2D eigenvalue weighted by Crippen LogP contribution is 2.29. The Morgan fingerprint density at radius 3 is 2.61 bits per heavy atom. The van der Waals surface area contributed by atoms with Crippen molar-refractivity contribution in [2.24, 2.45) is 5.73 Å². The van der Waals surface area contributed by atoms with E-state index in [9.17, 15) is 13.2 Å². The van der Waals surface area contributed by atoms with Crippen LogP contribution in [0.2, 0.25) is 0 Å². The zero-order valence-corrected chi connectivity index (χ0v) is 9.78. The molecule has 0 amide bonds. The van der Waals surface area contributed by atoms with Crippen LogP contribution in [0.25, 0.3) is 0 Å². The molecule has 1 fully saturated rings. The Kier molecular flexibility index (Phi) is 3.75. The summed E-state index contributed by atoms with van der Waals surface area (Å²) in [5.74, 6) is 0.224. The molecule has 1 saturated carbocycles. The standard InChI is InChI=1S/C12H15F3N2O/c13-12(14,15)8-4-5-11(17-7-8)18-10-3-1-2-9(16)6-10/h4-5,7,9-10H,1-3,6,16H2. The van der Waals surface area contributed by atoms with E-state index in [1.54, 1.807) is 0 Å². The summed E-state index contributed by atoms with van der Waals surface area (Å²) >= 11 is 0. The topological polar surface area (TPSA) is 48.1 Å². The van der Waals surface area contributed by atoms with Gasteiger partial charge < -0.3 is 10.5 Å². The van der Waals surface area contributed by atoms with Crippen molar-refractivity contribution in [3.05, 3.63) is 23.9 Å². The highest BCUT2D eigenvalue weighted by Gasteiger charge is 2.31. The van der Waals surface area contributed by atoms with E-state index < -0.39 is 11.7 Å². The van der Waals surface area contributed by atoms with Crippen LogP contribution in [0.3, 0.4) is 0 Å². The maximum absolute atomic E-state index is 12.3. The zero-order valence-electron chi connectivity index (χ0n) is 9.78. The van der Waals surface area contributed by atoms with Crippen molar-refractivity contribution < 1.29 is 17.9 Å². The number of nitrogens with zero attached hydrogens (tertiary/aromatic N) is 1. The lowest BCUT2D eigenvalue weighted by molar-refractivity contribution is -0.137. The third-order valence-electron chi connectivity index (χ3n) is 3.02. The van der Waals surface area contributed by atoms with Crippen molar-refractivity contribution in [2.45, 2.75) is 44.0 Å². The van der Waals surface area contributed by atoms with Crippen LogP contribution in [-0.4, -0.2) is 17.1 Å². The molecule has 2 N–H and O–H groups in total. The second-order valence-electron chi connectivity index (χ2n) is 4.55. The molecule has 3 nitrogen and oxygen atoms in total. The fraction of sp³-hybridized carbons (Fsp3) is 0.583. The first-order valence-electron chi connectivity index (χ1n) is 5.90. The molecule has 2 unspecified atom stereocenters. The van der Waals surface area contributed by atoms with E-state index in [1.165, 1.54) is 6.07 Å². The van der Waals surface area contributed by atoms with Gasteiger partial charge in [-0.05, 0) is 31.7 Å². The first-order valence-corrected chi connectivity index (χ1v) is 5.90. The molecule has 0 bridgehead atoms. The summed E-state index contributed by atoms with van der Waals surface area (Å²) in [5, 5.41) is 0. The van der Waals surface area contributed by atoms with E-state index in [-0.39, 0.29) is 18.0 Å². The van der Waals surface area contributed by atoms with Crippen molar-refractivity contribution in [2.75, 3.05) is 0 Å². The molecule has 0 spiro atoms. The fourth-order valence-corrected chi connectivity index (χ4v) is 2.08. The Balaban J connectivity index is 1.98. The number of ether oxygens (including phenoxy) is 1. The third-order valence-corrected chi connectivity index (χ3v) is 3.02. The summed E-state index contributed by atoms with van der Waals surface area (Å²) in [6, 6.07) is 2.34. The van der Waals surface area contributed by atoms with Gasteiger partial charge in [0.1, 0.15) is 6.10 Å². The minimum atomic E-state index is -4.36. The number of hydrogen-bond donors (Lipinski definition) is 1. The fourth-order valence-electron chi connectivity index (χ4n) is 2.08. The van der Waals surface area contributed by atoms with Gasteiger partial charge in [-0.3, -0.25) is 0 Å². The van der Waals surface area contributed by atoms with E-state index >= 15 is 0 Å². The van der Waals surface area contributed by atoms with Gasteiger partial charge in [-0.2, -0.15) is 13.2 Å². The van der Waals surface area contributed by atoms with Gasteiger partial charge in [0.05, 0.1) is 5.56 Å². The molecule has 0 saturated heterocycles. The van der Waals surface area contributed by atoms with E-state index in [2.05, 4.69) is 4.98 Å². The normalized spacial score (nSPS) is 24.9. The number of halogens is 3. The van der Waals surface area contributed by atoms with Crippen molar-refractivity contribution in [3.63, 3.8) is 0 Å². The van der Waals surface area contributed by atoms with Crippen LogP contribution in [0.4, 0.5) is 13.2 Å². The minimum Gasteiger partial charge on any atom is -0.474 e. The molecule has 18 heavy (non-hydrogen) atoms. The lowest BCUT2D eigenvalue weighted by Crippen LogP contribution is -2.33. The summed E-state index contributed by atoms with van der Waals surface area (Å²) in [6.45, 7) is 0. The molecule has 1 aromatic heterocycles. The van der Waals surface area contributed by atoms with Crippen LogP contribution in [0.5, 0.6) is 5.88 Å². The van der Waals surface area contributed by atoms with Crippen LogP contribution in [0, 0.1) is 0 Å².